The SMILES string of the molecule is CCCCc1cc(C)c(C(=O)[PH](=O)c2ccccc2)c(C)c1. The molecule has 0 aliphatic heterocycles. The first-order chi connectivity index (χ1) is 10.5. The largest absolute Gasteiger partial charge is 0.313 e. The van der Waals surface area contributed by atoms with Crippen molar-refractivity contribution in [3.8, 4) is 0 Å². The molecule has 0 spiro atoms. The van der Waals surface area contributed by atoms with E-state index in [4.69, 9.17) is 0 Å². The van der Waals surface area contributed by atoms with Gasteiger partial charge in [-0.2, -0.15) is 0 Å². The fraction of sp³-hybridized carbons (Fsp3) is 0.316. The zero-order valence-electron chi connectivity index (χ0n) is 13.5. The van der Waals surface area contributed by atoms with Crippen LogP contribution in [0, 0.1) is 13.8 Å². The van der Waals surface area contributed by atoms with Gasteiger partial charge in [0, 0.05) is 10.9 Å². The molecule has 22 heavy (non-hydrogen) atoms. The minimum Gasteiger partial charge on any atom is -0.313 e. The summed E-state index contributed by atoms with van der Waals surface area (Å²) in [6.45, 7) is 6.05. The third kappa shape index (κ3) is 3.75. The maximum absolute atomic E-state index is 12.6. The van der Waals surface area contributed by atoms with E-state index in [0.717, 1.165) is 30.4 Å². The van der Waals surface area contributed by atoms with Gasteiger partial charge in [0.25, 0.3) is 0 Å². The van der Waals surface area contributed by atoms with Crippen molar-refractivity contribution in [1.29, 1.82) is 0 Å². The Morgan fingerprint density at radius 1 is 1.05 bits per heavy atom. The first-order valence-corrected chi connectivity index (χ1v) is 9.19. The Bertz CT molecular complexity index is 667. The minimum absolute atomic E-state index is 0.228. The number of unbranched alkanes of at least 4 members (excludes halogenated alkanes) is 1. The van der Waals surface area contributed by atoms with Crippen LogP contribution in [-0.4, -0.2) is 5.52 Å². The van der Waals surface area contributed by atoms with Gasteiger partial charge in [-0.05, 0) is 43.4 Å². The van der Waals surface area contributed by atoms with E-state index in [2.05, 4.69) is 19.1 Å². The second-order valence-corrected chi connectivity index (χ2v) is 7.42. The van der Waals surface area contributed by atoms with Gasteiger partial charge in [0.1, 0.15) is 0 Å². The lowest BCUT2D eigenvalue weighted by molar-refractivity contribution is 0.107. The standard InChI is InChI=1S/C19H23O2P/c1-4-5-9-16-12-14(2)18(15(3)13-16)19(20)22(21)17-10-7-6-8-11-17/h6-8,10-13,22H,4-5,9H2,1-3H3. The van der Waals surface area contributed by atoms with Crippen molar-refractivity contribution in [2.24, 2.45) is 0 Å². The van der Waals surface area contributed by atoms with Crippen LogP contribution in [0.2, 0.25) is 0 Å². The molecule has 0 aliphatic carbocycles. The van der Waals surface area contributed by atoms with Gasteiger partial charge in [-0.15, -0.1) is 0 Å². The lowest BCUT2D eigenvalue weighted by Gasteiger charge is -2.12. The quantitative estimate of drug-likeness (QED) is 0.726. The highest BCUT2D eigenvalue weighted by Gasteiger charge is 2.20. The Labute approximate surface area is 133 Å². The van der Waals surface area contributed by atoms with E-state index in [1.54, 1.807) is 12.1 Å². The summed E-state index contributed by atoms with van der Waals surface area (Å²) < 4.78 is 12.5. The molecule has 2 aromatic rings. The molecule has 0 radical (unpaired) electrons. The van der Waals surface area contributed by atoms with Crippen molar-refractivity contribution >= 4 is 18.6 Å². The molecule has 116 valence electrons. The Balaban J connectivity index is 2.32. The van der Waals surface area contributed by atoms with Crippen molar-refractivity contribution in [2.75, 3.05) is 0 Å². The summed E-state index contributed by atoms with van der Waals surface area (Å²) in [7, 11) is -2.46. The fourth-order valence-corrected chi connectivity index (χ4v) is 4.15. The predicted molar refractivity (Wildman–Crippen MR) is 93.9 cm³/mol. The third-order valence-electron chi connectivity index (χ3n) is 3.88. The minimum atomic E-state index is -2.46. The average Bonchev–Trinajstić information content (AvgIpc) is 2.52. The Morgan fingerprint density at radius 3 is 2.18 bits per heavy atom. The smallest absolute Gasteiger partial charge is 0.223 e. The molecule has 0 amide bonds. The Morgan fingerprint density at radius 2 is 1.64 bits per heavy atom. The van der Waals surface area contributed by atoms with Gasteiger partial charge in [0.2, 0.25) is 5.52 Å². The van der Waals surface area contributed by atoms with E-state index in [1.165, 1.54) is 5.56 Å². The first kappa shape index (κ1) is 16.7. The lowest BCUT2D eigenvalue weighted by atomic mass is 9.97. The van der Waals surface area contributed by atoms with E-state index in [0.29, 0.717) is 10.9 Å². The zero-order valence-corrected chi connectivity index (χ0v) is 14.5. The van der Waals surface area contributed by atoms with Gasteiger partial charge in [0.15, 0.2) is 7.80 Å². The number of rotatable bonds is 6. The van der Waals surface area contributed by atoms with E-state index in [9.17, 15) is 9.36 Å². The molecule has 0 heterocycles. The molecule has 0 bridgehead atoms. The van der Waals surface area contributed by atoms with Crippen molar-refractivity contribution in [2.45, 2.75) is 40.0 Å². The van der Waals surface area contributed by atoms with Gasteiger partial charge >= 0.3 is 0 Å². The number of carbonyl (C=O) groups is 1. The van der Waals surface area contributed by atoms with Crippen molar-refractivity contribution in [3.63, 3.8) is 0 Å². The number of hydrogen-bond acceptors (Lipinski definition) is 2. The summed E-state index contributed by atoms with van der Waals surface area (Å²) in [5.74, 6) is 0. The molecule has 0 N–H and O–H groups in total. The molecule has 1 atom stereocenters. The van der Waals surface area contributed by atoms with Crippen LogP contribution in [-0.2, 0) is 11.0 Å². The molecule has 0 fully saturated rings. The lowest BCUT2D eigenvalue weighted by Crippen LogP contribution is -2.07. The second kappa shape index (κ2) is 7.56. The van der Waals surface area contributed by atoms with Crippen LogP contribution >= 0.6 is 7.80 Å². The van der Waals surface area contributed by atoms with Gasteiger partial charge in [0.05, 0.1) is 0 Å². The van der Waals surface area contributed by atoms with Crippen LogP contribution in [0.25, 0.3) is 0 Å². The second-order valence-electron chi connectivity index (χ2n) is 5.73. The van der Waals surface area contributed by atoms with Crippen LogP contribution in [0.5, 0.6) is 0 Å². The predicted octanol–water partition coefficient (Wildman–Crippen LogP) is 4.67. The molecule has 2 aromatic carbocycles. The van der Waals surface area contributed by atoms with Crippen LogP contribution < -0.4 is 5.30 Å². The number of benzene rings is 2. The number of carbonyl (C=O) groups excluding carboxylic acids is 1. The van der Waals surface area contributed by atoms with E-state index < -0.39 is 7.80 Å². The molecule has 3 heteroatoms. The van der Waals surface area contributed by atoms with Gasteiger partial charge < -0.3 is 4.57 Å². The van der Waals surface area contributed by atoms with Crippen molar-refractivity contribution in [3.05, 3.63) is 64.7 Å². The van der Waals surface area contributed by atoms with Gasteiger partial charge in [-0.25, -0.2) is 0 Å². The summed E-state index contributed by atoms with van der Waals surface area (Å²) in [4.78, 5) is 12.6. The summed E-state index contributed by atoms with van der Waals surface area (Å²) in [5.41, 5.74) is 3.53. The monoisotopic (exact) mass is 314 g/mol. The highest BCUT2D eigenvalue weighted by molar-refractivity contribution is 7.71. The molecule has 2 rings (SSSR count). The van der Waals surface area contributed by atoms with Crippen LogP contribution in [0.15, 0.2) is 42.5 Å². The average molecular weight is 314 g/mol. The van der Waals surface area contributed by atoms with E-state index >= 15 is 0 Å². The molecule has 2 nitrogen and oxygen atoms in total. The Kier molecular flexibility index (Phi) is 5.74. The molecule has 0 aliphatic rings. The highest BCUT2D eigenvalue weighted by atomic mass is 31.1. The Hall–Kier alpha value is -1.66. The normalized spacial score (nSPS) is 12.1. The molecule has 0 saturated heterocycles. The maximum atomic E-state index is 12.6. The number of aryl methyl sites for hydroxylation is 3. The number of hydrogen-bond donors (Lipinski definition) is 0. The highest BCUT2D eigenvalue weighted by Crippen LogP contribution is 2.30. The topological polar surface area (TPSA) is 34.1 Å². The first-order valence-electron chi connectivity index (χ1n) is 7.78. The van der Waals surface area contributed by atoms with Crippen LogP contribution in [0.3, 0.4) is 0 Å². The van der Waals surface area contributed by atoms with Crippen LogP contribution in [0.4, 0.5) is 0 Å². The van der Waals surface area contributed by atoms with Gasteiger partial charge in [-0.1, -0.05) is 55.8 Å². The summed E-state index contributed by atoms with van der Waals surface area (Å²) in [6.07, 6.45) is 3.33. The summed E-state index contributed by atoms with van der Waals surface area (Å²) >= 11 is 0. The van der Waals surface area contributed by atoms with E-state index in [1.807, 2.05) is 32.0 Å². The van der Waals surface area contributed by atoms with Crippen molar-refractivity contribution < 1.29 is 9.36 Å². The van der Waals surface area contributed by atoms with Gasteiger partial charge in [-0.3, -0.25) is 4.79 Å². The van der Waals surface area contributed by atoms with Crippen molar-refractivity contribution in [1.82, 2.24) is 0 Å². The third-order valence-corrected chi connectivity index (χ3v) is 5.40. The maximum Gasteiger partial charge on any atom is 0.223 e. The molecular weight excluding hydrogens is 291 g/mol. The molecule has 0 aromatic heterocycles. The summed E-state index contributed by atoms with van der Waals surface area (Å²) in [5, 5.41) is 0.631. The summed E-state index contributed by atoms with van der Waals surface area (Å²) in [6, 6.07) is 13.2. The molecule has 0 saturated carbocycles. The molecule has 1 unspecified atom stereocenters. The van der Waals surface area contributed by atoms with E-state index in [-0.39, 0.29) is 5.52 Å². The fourth-order valence-electron chi connectivity index (χ4n) is 2.77. The zero-order chi connectivity index (χ0) is 16.1. The van der Waals surface area contributed by atoms with Crippen LogP contribution in [0.1, 0.15) is 46.8 Å². The molecular formula is C19H23O2P.